The molecule has 5 heteroatoms. The smallest absolute Gasteiger partial charge is 0.206 e. The molecule has 0 radical (unpaired) electrons. The summed E-state index contributed by atoms with van der Waals surface area (Å²) in [7, 11) is 1.39. The summed E-state index contributed by atoms with van der Waals surface area (Å²) < 4.78 is 17.2. The Bertz CT molecular complexity index is 330. The molecule has 13 heavy (non-hydrogen) atoms. The first-order valence-electron chi connectivity index (χ1n) is 3.48. The molecule has 1 aromatic heterocycles. The lowest BCUT2D eigenvalue weighted by Gasteiger charge is -1.99. The predicted octanol–water partition coefficient (Wildman–Crippen LogP) is 1.70. The molecule has 0 bridgehead atoms. The number of carbonyl (C=O) groups excluding carboxylic acids is 1. The van der Waals surface area contributed by atoms with Crippen LogP contribution in [-0.4, -0.2) is 24.5 Å². The second-order valence-electron chi connectivity index (χ2n) is 2.34. The molecule has 70 valence electrons. The molecule has 0 saturated heterocycles. The van der Waals surface area contributed by atoms with E-state index in [0.29, 0.717) is 0 Å². The molecule has 0 aromatic carbocycles. The summed E-state index contributed by atoms with van der Waals surface area (Å²) in [6.07, 6.45) is 0.908. The quantitative estimate of drug-likeness (QED) is 0.702. The van der Waals surface area contributed by atoms with Gasteiger partial charge < -0.3 is 4.74 Å². The number of Topliss-reactive ketones (excluding diaryl/α,β-unsaturated/α-hetero) is 1. The number of hydrogen-bond acceptors (Lipinski definition) is 3. The summed E-state index contributed by atoms with van der Waals surface area (Å²) in [4.78, 5) is 14.7. The Balaban J connectivity index is 2.90. The molecular weight excluding hydrogens is 197 g/mol. The molecule has 0 aliphatic rings. The van der Waals surface area contributed by atoms with Crippen LogP contribution in [0.4, 0.5) is 4.39 Å². The molecule has 0 spiro atoms. The van der Waals surface area contributed by atoms with Crippen molar-refractivity contribution in [1.82, 2.24) is 4.98 Å². The van der Waals surface area contributed by atoms with Gasteiger partial charge in [-0.2, -0.15) is 0 Å². The number of aromatic nitrogens is 1. The Kier molecular flexibility index (Phi) is 3.33. The third-order valence-electron chi connectivity index (χ3n) is 1.37. The van der Waals surface area contributed by atoms with Gasteiger partial charge in [0, 0.05) is 7.11 Å². The fraction of sp³-hybridized carbons (Fsp3) is 0.250. The van der Waals surface area contributed by atoms with E-state index in [1.54, 1.807) is 0 Å². The van der Waals surface area contributed by atoms with E-state index in [1.165, 1.54) is 13.2 Å². The van der Waals surface area contributed by atoms with Gasteiger partial charge in [0.05, 0.1) is 11.2 Å². The molecule has 0 fully saturated rings. The summed E-state index contributed by atoms with van der Waals surface area (Å²) in [5.74, 6) is -0.972. The van der Waals surface area contributed by atoms with Gasteiger partial charge in [-0.3, -0.25) is 4.79 Å². The Morgan fingerprint density at radius 1 is 1.77 bits per heavy atom. The first kappa shape index (κ1) is 10.1. The molecular formula is C8H7ClFNO2. The average molecular weight is 204 g/mol. The van der Waals surface area contributed by atoms with Crippen molar-refractivity contribution >= 4 is 17.4 Å². The Labute approximate surface area is 79.5 Å². The molecule has 0 atom stereocenters. The van der Waals surface area contributed by atoms with Gasteiger partial charge >= 0.3 is 0 Å². The van der Waals surface area contributed by atoms with Gasteiger partial charge in [-0.1, -0.05) is 11.6 Å². The van der Waals surface area contributed by atoms with Crippen LogP contribution >= 0.6 is 11.6 Å². The van der Waals surface area contributed by atoms with E-state index in [1.807, 2.05) is 0 Å². The largest absolute Gasteiger partial charge is 0.376 e. The van der Waals surface area contributed by atoms with Crippen LogP contribution in [0.3, 0.4) is 0 Å². The summed E-state index contributed by atoms with van der Waals surface area (Å²) in [5.41, 5.74) is 0.105. The molecule has 3 nitrogen and oxygen atoms in total. The molecule has 1 heterocycles. The average Bonchev–Trinajstić information content (AvgIpc) is 2.10. The van der Waals surface area contributed by atoms with E-state index < -0.39 is 5.82 Å². The fourth-order valence-corrected chi connectivity index (χ4v) is 0.924. The van der Waals surface area contributed by atoms with Crippen LogP contribution in [0.5, 0.6) is 0 Å². The zero-order chi connectivity index (χ0) is 9.84. The number of methoxy groups -OCH3 is 1. The van der Waals surface area contributed by atoms with Crippen molar-refractivity contribution in [2.45, 2.75) is 0 Å². The van der Waals surface area contributed by atoms with Crippen molar-refractivity contribution in [3.05, 3.63) is 28.8 Å². The summed E-state index contributed by atoms with van der Waals surface area (Å²) in [5, 5.41) is -0.116. The van der Waals surface area contributed by atoms with Crippen molar-refractivity contribution in [3.63, 3.8) is 0 Å². The van der Waals surface area contributed by atoms with Gasteiger partial charge in [-0.15, -0.1) is 0 Å². The molecule has 0 aliphatic carbocycles. The lowest BCUT2D eigenvalue weighted by atomic mass is 10.2. The van der Waals surface area contributed by atoms with Gasteiger partial charge in [0.2, 0.25) is 5.78 Å². The number of ether oxygens (including phenoxy) is 1. The van der Waals surface area contributed by atoms with E-state index in [0.717, 1.165) is 6.20 Å². The number of halogens is 2. The highest BCUT2D eigenvalue weighted by Gasteiger charge is 2.09. The first-order valence-corrected chi connectivity index (χ1v) is 3.86. The van der Waals surface area contributed by atoms with Crippen molar-refractivity contribution in [2.24, 2.45) is 0 Å². The van der Waals surface area contributed by atoms with Crippen LogP contribution < -0.4 is 0 Å². The standard InChI is InChI=1S/C8H7ClFNO2/c1-13-4-8(12)7-2-5(9)6(10)3-11-7/h2-3H,4H2,1H3. The minimum Gasteiger partial charge on any atom is -0.376 e. The Hall–Kier alpha value is -1.00. The van der Waals surface area contributed by atoms with Crippen molar-refractivity contribution < 1.29 is 13.9 Å². The highest BCUT2D eigenvalue weighted by Crippen LogP contribution is 2.13. The summed E-state index contributed by atoms with van der Waals surface area (Å²) >= 11 is 5.45. The van der Waals surface area contributed by atoms with Crippen LogP contribution in [0.2, 0.25) is 5.02 Å². The number of nitrogens with zero attached hydrogens (tertiary/aromatic N) is 1. The molecule has 0 unspecified atom stereocenters. The number of ketones is 1. The maximum absolute atomic E-state index is 12.6. The van der Waals surface area contributed by atoms with Gasteiger partial charge in [0.15, 0.2) is 5.82 Å². The molecule has 1 rings (SSSR count). The van der Waals surface area contributed by atoms with Gasteiger partial charge in [0.1, 0.15) is 12.3 Å². The normalized spacial score (nSPS) is 10.1. The SMILES string of the molecule is COCC(=O)c1cc(Cl)c(F)cn1. The highest BCUT2D eigenvalue weighted by atomic mass is 35.5. The minimum atomic E-state index is -0.643. The second kappa shape index (κ2) is 4.30. The Morgan fingerprint density at radius 3 is 3.00 bits per heavy atom. The molecule has 0 amide bonds. The number of rotatable bonds is 3. The molecule has 0 saturated carbocycles. The third kappa shape index (κ3) is 2.47. The fourth-order valence-electron chi connectivity index (χ4n) is 0.772. The maximum atomic E-state index is 12.6. The van der Waals surface area contributed by atoms with Gasteiger partial charge in [-0.25, -0.2) is 9.37 Å². The lowest BCUT2D eigenvalue weighted by Crippen LogP contribution is -2.09. The van der Waals surface area contributed by atoms with Crippen LogP contribution in [0, 0.1) is 5.82 Å². The van der Waals surface area contributed by atoms with E-state index >= 15 is 0 Å². The summed E-state index contributed by atoms with van der Waals surface area (Å²) in [6, 6.07) is 1.18. The van der Waals surface area contributed by atoms with Gasteiger partial charge in [0.25, 0.3) is 0 Å². The number of carbonyl (C=O) groups is 1. The van der Waals surface area contributed by atoms with E-state index in [-0.39, 0.29) is 23.1 Å². The van der Waals surface area contributed by atoms with Crippen molar-refractivity contribution in [1.29, 1.82) is 0 Å². The lowest BCUT2D eigenvalue weighted by molar-refractivity contribution is 0.0843. The first-order chi connectivity index (χ1) is 6.15. The van der Waals surface area contributed by atoms with Crippen LogP contribution in [0.25, 0.3) is 0 Å². The number of hydrogen-bond donors (Lipinski definition) is 0. The zero-order valence-corrected chi connectivity index (χ0v) is 7.64. The maximum Gasteiger partial charge on any atom is 0.206 e. The van der Waals surface area contributed by atoms with Crippen molar-refractivity contribution in [3.8, 4) is 0 Å². The topological polar surface area (TPSA) is 39.2 Å². The zero-order valence-electron chi connectivity index (χ0n) is 6.88. The molecule has 1 aromatic rings. The van der Waals surface area contributed by atoms with Crippen LogP contribution in [0.15, 0.2) is 12.3 Å². The van der Waals surface area contributed by atoms with E-state index in [9.17, 15) is 9.18 Å². The number of pyridine rings is 1. The molecule has 0 N–H and O–H groups in total. The summed E-state index contributed by atoms with van der Waals surface area (Å²) in [6.45, 7) is -0.0883. The highest BCUT2D eigenvalue weighted by molar-refractivity contribution is 6.31. The van der Waals surface area contributed by atoms with Crippen LogP contribution in [0.1, 0.15) is 10.5 Å². The van der Waals surface area contributed by atoms with E-state index in [2.05, 4.69) is 9.72 Å². The third-order valence-corrected chi connectivity index (χ3v) is 1.66. The van der Waals surface area contributed by atoms with Crippen molar-refractivity contribution in [2.75, 3.05) is 13.7 Å². The van der Waals surface area contributed by atoms with Crippen LogP contribution in [-0.2, 0) is 4.74 Å². The predicted molar refractivity (Wildman–Crippen MR) is 45.4 cm³/mol. The Morgan fingerprint density at radius 2 is 2.46 bits per heavy atom. The van der Waals surface area contributed by atoms with E-state index in [4.69, 9.17) is 11.6 Å². The second-order valence-corrected chi connectivity index (χ2v) is 2.75. The van der Waals surface area contributed by atoms with Gasteiger partial charge in [-0.05, 0) is 6.07 Å². The monoisotopic (exact) mass is 203 g/mol. The minimum absolute atomic E-state index is 0.0883. The molecule has 0 aliphatic heterocycles.